The number of rotatable bonds is 2. The van der Waals surface area contributed by atoms with E-state index in [0.29, 0.717) is 22.6 Å². The molecule has 2 aromatic rings. The monoisotopic (exact) mass is 371 g/mol. The smallest absolute Gasteiger partial charge is 0.410 e. The molecule has 2 heterocycles. The third-order valence-corrected chi connectivity index (χ3v) is 5.82. The minimum Gasteiger partial charge on any atom is -0.410 e. The van der Waals surface area contributed by atoms with E-state index in [9.17, 15) is 4.79 Å². The Morgan fingerprint density at radius 3 is 2.85 bits per heavy atom. The number of nitrogens with zero attached hydrogens (tertiary/aromatic N) is 2. The summed E-state index contributed by atoms with van der Waals surface area (Å²) < 4.78 is 5.48. The van der Waals surface area contributed by atoms with Crippen LogP contribution in [0.3, 0.4) is 0 Å². The summed E-state index contributed by atoms with van der Waals surface area (Å²) in [5.74, 6) is 0.529. The highest BCUT2D eigenvalue weighted by atomic mass is 35.5. The molecule has 0 spiro atoms. The van der Waals surface area contributed by atoms with Gasteiger partial charge in [-0.05, 0) is 43.3 Å². The third-order valence-electron chi connectivity index (χ3n) is 5.58. The van der Waals surface area contributed by atoms with Crippen LogP contribution in [0.15, 0.2) is 42.5 Å². The Morgan fingerprint density at radius 2 is 2.08 bits per heavy atom. The van der Waals surface area contributed by atoms with Crippen molar-refractivity contribution in [1.82, 2.24) is 4.90 Å². The zero-order chi connectivity index (χ0) is 18.5. The van der Waals surface area contributed by atoms with Gasteiger partial charge in [0.15, 0.2) is 0 Å². The highest BCUT2D eigenvalue weighted by Gasteiger charge is 2.52. The molecule has 0 aromatic heterocycles. The number of anilines is 2. The number of likely N-dealkylation sites (tertiary alicyclic amines) is 1. The van der Waals surface area contributed by atoms with Crippen molar-refractivity contribution < 1.29 is 9.53 Å². The maximum atomic E-state index is 12.2. The van der Waals surface area contributed by atoms with E-state index in [1.807, 2.05) is 12.1 Å². The SMILES string of the molecule is CN1CC[C@]2(C)c3ccc(OC(=O)Nc4cccc(Cl)c4)cc3N(C)[C@H]12. The van der Waals surface area contributed by atoms with Gasteiger partial charge < -0.3 is 9.64 Å². The summed E-state index contributed by atoms with van der Waals surface area (Å²) in [5, 5.41) is 3.26. The van der Waals surface area contributed by atoms with E-state index < -0.39 is 6.09 Å². The average Bonchev–Trinajstić information content (AvgIpc) is 3.00. The van der Waals surface area contributed by atoms with E-state index >= 15 is 0 Å². The minimum absolute atomic E-state index is 0.112. The molecule has 1 amide bonds. The standard InChI is InChI=1S/C20H22ClN3O2/c1-20-9-10-23(2)18(20)24(3)17-12-15(7-8-16(17)20)26-19(25)22-14-6-4-5-13(21)11-14/h4-8,11-12,18H,9-10H2,1-3H3,(H,22,25)/t18-,20+/m0/s1. The van der Waals surface area contributed by atoms with Gasteiger partial charge in [0, 0.05) is 41.5 Å². The molecule has 0 radical (unpaired) electrons. The minimum atomic E-state index is -0.531. The summed E-state index contributed by atoms with van der Waals surface area (Å²) >= 11 is 5.94. The normalized spacial score (nSPS) is 24.3. The summed E-state index contributed by atoms with van der Waals surface area (Å²) in [6.07, 6.45) is 0.936. The maximum Gasteiger partial charge on any atom is 0.417 e. The highest BCUT2D eigenvalue weighted by Crippen LogP contribution is 2.51. The summed E-state index contributed by atoms with van der Waals surface area (Å²) in [5.41, 5.74) is 3.15. The number of likely N-dealkylation sites (N-methyl/N-ethyl adjacent to an activating group) is 2. The predicted octanol–water partition coefficient (Wildman–Crippen LogP) is 4.32. The fourth-order valence-electron chi connectivity index (χ4n) is 4.44. The second-order valence-corrected chi connectivity index (χ2v) is 7.77. The Hall–Kier alpha value is -2.24. The Morgan fingerprint density at radius 1 is 1.27 bits per heavy atom. The summed E-state index contributed by atoms with van der Waals surface area (Å²) in [6.45, 7) is 3.40. The van der Waals surface area contributed by atoms with Crippen molar-refractivity contribution >= 4 is 29.1 Å². The van der Waals surface area contributed by atoms with Crippen molar-refractivity contribution in [3.63, 3.8) is 0 Å². The van der Waals surface area contributed by atoms with Crippen LogP contribution in [0.4, 0.5) is 16.2 Å². The van der Waals surface area contributed by atoms with Crippen LogP contribution in [-0.2, 0) is 5.41 Å². The van der Waals surface area contributed by atoms with Gasteiger partial charge in [0.05, 0.1) is 6.17 Å². The Balaban J connectivity index is 1.54. The molecule has 5 nitrogen and oxygen atoms in total. The van der Waals surface area contributed by atoms with Gasteiger partial charge in [-0.1, -0.05) is 30.7 Å². The molecule has 2 aromatic carbocycles. The van der Waals surface area contributed by atoms with Crippen LogP contribution < -0.4 is 15.0 Å². The van der Waals surface area contributed by atoms with E-state index in [1.165, 1.54) is 5.56 Å². The summed E-state index contributed by atoms with van der Waals surface area (Å²) in [4.78, 5) is 16.9. The first-order chi connectivity index (χ1) is 12.4. The van der Waals surface area contributed by atoms with E-state index in [4.69, 9.17) is 16.3 Å². The van der Waals surface area contributed by atoms with E-state index in [2.05, 4.69) is 42.2 Å². The van der Waals surface area contributed by atoms with Gasteiger partial charge in [0.25, 0.3) is 0 Å². The lowest BCUT2D eigenvalue weighted by molar-refractivity contribution is 0.215. The third kappa shape index (κ3) is 2.72. The average molecular weight is 372 g/mol. The molecule has 1 fully saturated rings. The molecule has 2 atom stereocenters. The van der Waals surface area contributed by atoms with Crippen LogP contribution in [0.5, 0.6) is 5.75 Å². The molecular formula is C20H22ClN3O2. The molecule has 2 aliphatic heterocycles. The fourth-order valence-corrected chi connectivity index (χ4v) is 4.63. The lowest BCUT2D eigenvalue weighted by Gasteiger charge is -2.32. The second kappa shape index (κ2) is 6.18. The van der Waals surface area contributed by atoms with Crippen LogP contribution in [0, 0.1) is 0 Å². The zero-order valence-corrected chi connectivity index (χ0v) is 15.9. The van der Waals surface area contributed by atoms with Crippen molar-refractivity contribution in [1.29, 1.82) is 0 Å². The molecule has 0 aliphatic carbocycles. The van der Waals surface area contributed by atoms with Gasteiger partial charge in [-0.25, -0.2) is 4.79 Å². The Kier molecular flexibility index (Phi) is 4.09. The van der Waals surface area contributed by atoms with Gasteiger partial charge >= 0.3 is 6.09 Å². The Labute approximate surface area is 158 Å². The zero-order valence-electron chi connectivity index (χ0n) is 15.1. The number of halogens is 1. The maximum absolute atomic E-state index is 12.2. The molecule has 4 rings (SSSR count). The molecule has 1 N–H and O–H groups in total. The quantitative estimate of drug-likeness (QED) is 0.853. The molecule has 6 heteroatoms. The molecular weight excluding hydrogens is 350 g/mol. The Bertz CT molecular complexity index is 872. The van der Waals surface area contributed by atoms with Gasteiger partial charge in [0.1, 0.15) is 5.75 Å². The van der Waals surface area contributed by atoms with E-state index in [-0.39, 0.29) is 5.41 Å². The van der Waals surface area contributed by atoms with Crippen LogP contribution >= 0.6 is 11.6 Å². The first-order valence-electron chi connectivity index (χ1n) is 8.70. The number of ether oxygens (including phenoxy) is 1. The van der Waals surface area contributed by atoms with Crippen molar-refractivity contribution in [3.05, 3.63) is 53.1 Å². The molecule has 0 unspecified atom stereocenters. The molecule has 136 valence electrons. The molecule has 2 aliphatic rings. The van der Waals surface area contributed by atoms with Crippen molar-refractivity contribution in [2.24, 2.45) is 0 Å². The largest absolute Gasteiger partial charge is 0.417 e. The molecule has 0 saturated carbocycles. The summed E-state index contributed by atoms with van der Waals surface area (Å²) in [7, 11) is 4.26. The van der Waals surface area contributed by atoms with Crippen molar-refractivity contribution in [2.75, 3.05) is 30.9 Å². The molecule has 1 saturated heterocycles. The number of carbonyl (C=O) groups excluding carboxylic acids is 1. The molecule has 0 bridgehead atoms. The number of carbonyl (C=O) groups is 1. The lowest BCUT2D eigenvalue weighted by Crippen LogP contribution is -2.45. The number of hydrogen-bond donors (Lipinski definition) is 1. The van der Waals surface area contributed by atoms with E-state index in [0.717, 1.165) is 18.7 Å². The predicted molar refractivity (Wildman–Crippen MR) is 104 cm³/mol. The van der Waals surface area contributed by atoms with Crippen molar-refractivity contribution in [3.8, 4) is 5.75 Å². The summed E-state index contributed by atoms with van der Waals surface area (Å²) in [6, 6.07) is 12.9. The fraction of sp³-hybridized carbons (Fsp3) is 0.350. The van der Waals surface area contributed by atoms with Crippen molar-refractivity contribution in [2.45, 2.75) is 24.9 Å². The van der Waals surface area contributed by atoms with Crippen LogP contribution in [0.1, 0.15) is 18.9 Å². The van der Waals surface area contributed by atoms with Crippen LogP contribution in [-0.4, -0.2) is 37.8 Å². The second-order valence-electron chi connectivity index (χ2n) is 7.34. The number of fused-ring (bicyclic) bond motifs is 3. The number of benzene rings is 2. The first kappa shape index (κ1) is 17.2. The molecule has 26 heavy (non-hydrogen) atoms. The number of hydrogen-bond acceptors (Lipinski definition) is 4. The highest BCUT2D eigenvalue weighted by molar-refractivity contribution is 6.30. The van der Waals surface area contributed by atoms with Gasteiger partial charge in [0.2, 0.25) is 0 Å². The number of nitrogens with one attached hydrogen (secondary N) is 1. The topological polar surface area (TPSA) is 44.8 Å². The van der Waals surface area contributed by atoms with Gasteiger partial charge in [-0.3, -0.25) is 10.2 Å². The first-order valence-corrected chi connectivity index (χ1v) is 9.08. The number of amides is 1. The van der Waals surface area contributed by atoms with Gasteiger partial charge in [-0.2, -0.15) is 0 Å². The van der Waals surface area contributed by atoms with Gasteiger partial charge in [-0.15, -0.1) is 0 Å². The van der Waals surface area contributed by atoms with E-state index in [1.54, 1.807) is 24.3 Å². The van der Waals surface area contributed by atoms with Crippen LogP contribution in [0.2, 0.25) is 5.02 Å². The lowest BCUT2D eigenvalue weighted by atomic mass is 9.81. The van der Waals surface area contributed by atoms with Crippen LogP contribution in [0.25, 0.3) is 0 Å².